The predicted molar refractivity (Wildman–Crippen MR) is 92.3 cm³/mol. The third-order valence-corrected chi connectivity index (χ3v) is 4.06. The van der Waals surface area contributed by atoms with Gasteiger partial charge in [0.2, 0.25) is 0 Å². The molecule has 1 aliphatic rings. The minimum atomic E-state index is -0.290. The van der Waals surface area contributed by atoms with Crippen LogP contribution in [0.25, 0.3) is 0 Å². The molecule has 3 rings (SSSR count). The second-order valence-electron chi connectivity index (χ2n) is 5.94. The van der Waals surface area contributed by atoms with Crippen LogP contribution in [0.4, 0.5) is 5.69 Å². The molecule has 0 unspecified atom stereocenters. The molecule has 0 bridgehead atoms. The molecular weight excluding hydrogens is 302 g/mol. The van der Waals surface area contributed by atoms with E-state index < -0.39 is 0 Å². The molecule has 0 aromatic heterocycles. The molecule has 0 saturated heterocycles. The van der Waals surface area contributed by atoms with Gasteiger partial charge in [-0.25, -0.2) is 4.79 Å². The summed E-state index contributed by atoms with van der Waals surface area (Å²) >= 11 is 0. The van der Waals surface area contributed by atoms with Gasteiger partial charge < -0.3 is 10.5 Å². The Morgan fingerprint density at radius 2 is 1.83 bits per heavy atom. The second-order valence-corrected chi connectivity index (χ2v) is 5.94. The van der Waals surface area contributed by atoms with Gasteiger partial charge in [0.15, 0.2) is 6.17 Å². The second kappa shape index (κ2) is 6.83. The molecule has 0 radical (unpaired) electrons. The Bertz CT molecular complexity index is 832. The number of nitrogens with zero attached hydrogens (tertiary/aromatic N) is 2. The Morgan fingerprint density at radius 3 is 2.50 bits per heavy atom. The average Bonchev–Trinajstić information content (AvgIpc) is 2.98. The molecule has 2 aromatic carbocycles. The predicted octanol–water partition coefficient (Wildman–Crippen LogP) is 2.49. The molecule has 0 fully saturated rings. The van der Waals surface area contributed by atoms with E-state index in [0.717, 1.165) is 40.4 Å². The zero-order chi connectivity index (χ0) is 17.1. The van der Waals surface area contributed by atoms with Crippen LogP contribution in [-0.4, -0.2) is 12.6 Å². The zero-order valence-electron chi connectivity index (χ0n) is 14.0. The quantitative estimate of drug-likeness (QED) is 0.522. The fourth-order valence-electron chi connectivity index (χ4n) is 2.53. The van der Waals surface area contributed by atoms with Crippen molar-refractivity contribution in [2.75, 3.05) is 12.3 Å². The van der Waals surface area contributed by atoms with Crippen molar-refractivity contribution in [3.8, 4) is 0 Å². The Hall–Kier alpha value is -2.69. The number of carbonyl (C=O) groups is 1. The lowest BCUT2D eigenvalue weighted by molar-refractivity contribution is 0.0499. The van der Waals surface area contributed by atoms with Crippen LogP contribution in [0.3, 0.4) is 0 Å². The number of nitrogen functional groups attached to an aromatic ring is 1. The maximum absolute atomic E-state index is 11.9. The number of ether oxygens (including phenoxy) is 1. The lowest BCUT2D eigenvalue weighted by Gasteiger charge is -2.07. The van der Waals surface area contributed by atoms with E-state index in [2.05, 4.69) is 16.9 Å². The fourth-order valence-corrected chi connectivity index (χ4v) is 2.53. The summed E-state index contributed by atoms with van der Waals surface area (Å²) in [6.45, 7) is 4.47. The number of unbranched alkanes of at least 4 members (excludes halogenated alkanes) is 1. The number of rotatable bonds is 5. The fraction of sp³-hybridized carbons (Fsp3) is 0.316. The summed E-state index contributed by atoms with van der Waals surface area (Å²) in [5.74, 6) is -0.290. The molecule has 1 atom stereocenters. The van der Waals surface area contributed by atoms with Crippen molar-refractivity contribution < 1.29 is 9.53 Å². The molecule has 2 N–H and O–H groups in total. The summed E-state index contributed by atoms with van der Waals surface area (Å²) in [7, 11) is 0. The van der Waals surface area contributed by atoms with E-state index in [1.54, 1.807) is 12.1 Å². The van der Waals surface area contributed by atoms with E-state index in [4.69, 9.17) is 10.5 Å². The molecule has 0 spiro atoms. The molecular formula is C19H21N3O2. The van der Waals surface area contributed by atoms with Gasteiger partial charge in [0.1, 0.15) is 0 Å². The lowest BCUT2D eigenvalue weighted by Crippen LogP contribution is -2.22. The van der Waals surface area contributed by atoms with Crippen molar-refractivity contribution in [1.29, 1.82) is 0 Å². The number of esters is 1. The van der Waals surface area contributed by atoms with Gasteiger partial charge in [-0.15, -0.1) is 0 Å². The van der Waals surface area contributed by atoms with Gasteiger partial charge in [0, 0.05) is 5.69 Å². The largest absolute Gasteiger partial charge is 0.462 e. The van der Waals surface area contributed by atoms with Crippen LogP contribution in [0.5, 0.6) is 0 Å². The van der Waals surface area contributed by atoms with Crippen LogP contribution in [0.15, 0.2) is 46.4 Å². The smallest absolute Gasteiger partial charge is 0.338 e. The summed E-state index contributed by atoms with van der Waals surface area (Å²) in [4.78, 5) is 21.1. The van der Waals surface area contributed by atoms with E-state index in [1.807, 2.05) is 31.2 Å². The minimum Gasteiger partial charge on any atom is -0.462 e. The minimum absolute atomic E-state index is 0.286. The van der Waals surface area contributed by atoms with Crippen molar-refractivity contribution in [3.05, 3.63) is 63.8 Å². The highest BCUT2D eigenvalue weighted by atomic mass is 16.5. The van der Waals surface area contributed by atoms with Crippen LogP contribution in [0, 0.1) is 6.92 Å². The number of nitrogens with two attached hydrogens (primary N) is 1. The van der Waals surface area contributed by atoms with Crippen molar-refractivity contribution in [2.45, 2.75) is 32.9 Å². The van der Waals surface area contributed by atoms with Crippen molar-refractivity contribution in [3.63, 3.8) is 0 Å². The molecule has 0 saturated carbocycles. The summed E-state index contributed by atoms with van der Waals surface area (Å²) in [5.41, 5.74) is 9.13. The zero-order valence-corrected chi connectivity index (χ0v) is 14.0. The third kappa shape index (κ3) is 3.30. The average molecular weight is 323 g/mol. The maximum atomic E-state index is 11.9. The summed E-state index contributed by atoms with van der Waals surface area (Å²) in [6, 6.07) is 11.1. The number of hydrogen-bond donors (Lipinski definition) is 1. The Labute approximate surface area is 140 Å². The molecule has 24 heavy (non-hydrogen) atoms. The maximum Gasteiger partial charge on any atom is 0.338 e. The molecule has 0 aliphatic carbocycles. The Kier molecular flexibility index (Phi) is 4.60. The van der Waals surface area contributed by atoms with Crippen molar-refractivity contribution >= 4 is 11.7 Å². The first-order chi connectivity index (χ1) is 11.6. The summed E-state index contributed by atoms with van der Waals surface area (Å²) in [5, 5.41) is 1.67. The van der Waals surface area contributed by atoms with Gasteiger partial charge in [-0.05, 0) is 48.7 Å². The Morgan fingerprint density at radius 1 is 1.17 bits per heavy atom. The normalized spacial score (nSPS) is 15.3. The molecule has 1 heterocycles. The van der Waals surface area contributed by atoms with Crippen molar-refractivity contribution in [1.82, 2.24) is 0 Å². The molecule has 5 nitrogen and oxygen atoms in total. The molecule has 1 aliphatic heterocycles. The topological polar surface area (TPSA) is 77.0 Å². The van der Waals surface area contributed by atoms with Crippen LogP contribution >= 0.6 is 0 Å². The Balaban J connectivity index is 1.77. The van der Waals surface area contributed by atoms with E-state index in [-0.39, 0.29) is 12.1 Å². The van der Waals surface area contributed by atoms with E-state index in [0.29, 0.717) is 12.2 Å². The van der Waals surface area contributed by atoms with Crippen LogP contribution in [-0.2, 0) is 4.74 Å². The van der Waals surface area contributed by atoms with Gasteiger partial charge in [-0.3, -0.25) is 9.98 Å². The first-order valence-electron chi connectivity index (χ1n) is 8.17. The number of benzene rings is 2. The number of hydrogen-bond acceptors (Lipinski definition) is 5. The van der Waals surface area contributed by atoms with E-state index in [1.165, 1.54) is 0 Å². The summed E-state index contributed by atoms with van der Waals surface area (Å²) < 4.78 is 5.21. The van der Waals surface area contributed by atoms with Crippen molar-refractivity contribution in [2.24, 2.45) is 9.98 Å². The van der Waals surface area contributed by atoms with Gasteiger partial charge >= 0.3 is 5.97 Å². The van der Waals surface area contributed by atoms with Gasteiger partial charge in [-0.2, -0.15) is 0 Å². The number of anilines is 1. The molecule has 0 amide bonds. The van der Waals surface area contributed by atoms with E-state index in [9.17, 15) is 4.79 Å². The number of aryl methyl sites for hydroxylation is 1. The SMILES string of the molecule is CCCCOC(=O)c1ccc([C@@H]2N=c3cc(C)c(N)cc3=N2)cc1. The first-order valence-corrected chi connectivity index (χ1v) is 8.17. The number of carbonyl (C=O) groups excluding carboxylic acids is 1. The highest BCUT2D eigenvalue weighted by Crippen LogP contribution is 2.20. The summed E-state index contributed by atoms with van der Waals surface area (Å²) in [6.07, 6.45) is 1.60. The standard InChI is InChI=1S/C19H21N3O2/c1-3-4-9-24-19(23)14-7-5-13(6-8-14)18-21-16-10-12(2)15(20)11-17(16)22-18/h5-8,10-11,18H,3-4,9,20H2,1-2H3/t18-/m1/s1. The van der Waals surface area contributed by atoms with Crippen LogP contribution in [0.1, 0.15) is 47.4 Å². The first kappa shape index (κ1) is 16.2. The van der Waals surface area contributed by atoms with Gasteiger partial charge in [0.05, 0.1) is 22.9 Å². The van der Waals surface area contributed by atoms with Gasteiger partial charge in [0.25, 0.3) is 0 Å². The van der Waals surface area contributed by atoms with Crippen LogP contribution < -0.4 is 16.4 Å². The number of fused-ring (bicyclic) bond motifs is 1. The monoisotopic (exact) mass is 323 g/mol. The highest BCUT2D eigenvalue weighted by Gasteiger charge is 2.15. The molecule has 5 heteroatoms. The van der Waals surface area contributed by atoms with Crippen LogP contribution in [0.2, 0.25) is 0 Å². The van der Waals surface area contributed by atoms with E-state index >= 15 is 0 Å². The lowest BCUT2D eigenvalue weighted by atomic mass is 10.1. The van der Waals surface area contributed by atoms with Gasteiger partial charge in [-0.1, -0.05) is 25.5 Å². The third-order valence-electron chi connectivity index (χ3n) is 4.06. The molecule has 124 valence electrons. The molecule has 2 aromatic rings. The highest BCUT2D eigenvalue weighted by molar-refractivity contribution is 5.89.